The van der Waals surface area contributed by atoms with Crippen LogP contribution in [0, 0.1) is 5.92 Å². The Morgan fingerprint density at radius 2 is 2.00 bits per heavy atom. The Morgan fingerprint density at radius 3 is 2.37 bits per heavy atom. The summed E-state index contributed by atoms with van der Waals surface area (Å²) < 4.78 is 31.4. The van der Waals surface area contributed by atoms with Gasteiger partial charge >= 0.3 is 5.97 Å². The minimum absolute atomic E-state index is 0.0462. The predicted octanol–water partition coefficient (Wildman–Crippen LogP) is 2.53. The molecule has 0 amide bonds. The van der Waals surface area contributed by atoms with Crippen molar-refractivity contribution in [2.24, 2.45) is 5.92 Å². The number of carbonyl (C=O) groups excluding carboxylic acids is 1. The Balaban J connectivity index is 3.08. The lowest BCUT2D eigenvalue weighted by Crippen LogP contribution is -2.44. The van der Waals surface area contributed by atoms with Crippen LogP contribution in [0.1, 0.15) is 13.8 Å². The number of nitrogens with one attached hydrogen (secondary N) is 1. The normalized spacial score (nSPS) is 13.6. The van der Waals surface area contributed by atoms with Gasteiger partial charge in [0.1, 0.15) is 15.3 Å². The molecule has 1 rings (SSSR count). The highest BCUT2D eigenvalue weighted by atomic mass is 35.5. The number of halogens is 2. The number of hydrogen-bond donors (Lipinski definition) is 1. The van der Waals surface area contributed by atoms with Crippen molar-refractivity contribution >= 4 is 50.5 Å². The highest BCUT2D eigenvalue weighted by Gasteiger charge is 2.31. The van der Waals surface area contributed by atoms with Gasteiger partial charge < -0.3 is 4.74 Å². The van der Waals surface area contributed by atoms with E-state index in [1.807, 2.05) is 0 Å². The van der Waals surface area contributed by atoms with E-state index >= 15 is 0 Å². The summed E-state index contributed by atoms with van der Waals surface area (Å²) >= 11 is 12.5. The van der Waals surface area contributed by atoms with E-state index in [-0.39, 0.29) is 19.5 Å². The number of carbonyl (C=O) groups is 1. The molecule has 0 radical (unpaired) electrons. The van der Waals surface area contributed by atoms with Crippen molar-refractivity contribution in [3.63, 3.8) is 0 Å². The number of methoxy groups -OCH3 is 1. The van der Waals surface area contributed by atoms with Crippen molar-refractivity contribution in [3.8, 4) is 0 Å². The van der Waals surface area contributed by atoms with Gasteiger partial charge in [0.25, 0.3) is 0 Å². The first-order chi connectivity index (χ1) is 8.69. The topological polar surface area (TPSA) is 72.5 Å². The van der Waals surface area contributed by atoms with E-state index in [0.717, 1.165) is 11.3 Å². The van der Waals surface area contributed by atoms with Gasteiger partial charge in [0, 0.05) is 0 Å². The fourth-order valence-electron chi connectivity index (χ4n) is 1.32. The molecule has 0 saturated heterocycles. The SMILES string of the molecule is COC(=O)[C@@H](NS(=O)(=O)c1cc(Cl)sc1Cl)C(C)C. The lowest BCUT2D eigenvalue weighted by molar-refractivity contribution is -0.143. The molecule has 0 aliphatic carbocycles. The fourth-order valence-corrected chi connectivity index (χ4v) is 4.80. The summed E-state index contributed by atoms with van der Waals surface area (Å²) in [5.41, 5.74) is 0. The smallest absolute Gasteiger partial charge is 0.324 e. The quantitative estimate of drug-likeness (QED) is 0.832. The molecule has 1 N–H and O–H groups in total. The van der Waals surface area contributed by atoms with E-state index in [1.54, 1.807) is 13.8 Å². The molecule has 1 aromatic heterocycles. The highest BCUT2D eigenvalue weighted by Crippen LogP contribution is 2.34. The van der Waals surface area contributed by atoms with E-state index in [1.165, 1.54) is 13.2 Å². The van der Waals surface area contributed by atoms with Crippen molar-refractivity contribution < 1.29 is 17.9 Å². The summed E-state index contributed by atoms with van der Waals surface area (Å²) in [6, 6.07) is 0.260. The summed E-state index contributed by atoms with van der Waals surface area (Å²) in [4.78, 5) is 11.4. The van der Waals surface area contributed by atoms with Crippen LogP contribution in [-0.2, 0) is 19.6 Å². The molecule has 1 aromatic rings. The molecule has 0 saturated carbocycles. The molecule has 0 bridgehead atoms. The second-order valence-corrected chi connectivity index (χ2v) is 8.02. The van der Waals surface area contributed by atoms with Gasteiger partial charge in [-0.25, -0.2) is 8.42 Å². The lowest BCUT2D eigenvalue weighted by atomic mass is 10.1. The molecule has 1 heterocycles. The van der Waals surface area contributed by atoms with Crippen molar-refractivity contribution in [1.29, 1.82) is 0 Å². The average molecular weight is 346 g/mol. The molecule has 108 valence electrons. The molecule has 0 aliphatic heterocycles. The molecule has 1 atom stereocenters. The van der Waals surface area contributed by atoms with Crippen LogP contribution in [0.15, 0.2) is 11.0 Å². The van der Waals surface area contributed by atoms with Crippen LogP contribution in [-0.4, -0.2) is 27.5 Å². The summed E-state index contributed by atoms with van der Waals surface area (Å²) in [6.45, 7) is 3.40. The third kappa shape index (κ3) is 4.06. The van der Waals surface area contributed by atoms with E-state index in [9.17, 15) is 13.2 Å². The van der Waals surface area contributed by atoms with Crippen LogP contribution in [0.3, 0.4) is 0 Å². The zero-order valence-electron chi connectivity index (χ0n) is 10.4. The summed E-state index contributed by atoms with van der Waals surface area (Å²) in [5.74, 6) is -0.925. The first-order valence-electron chi connectivity index (χ1n) is 5.24. The van der Waals surface area contributed by atoms with Crippen LogP contribution < -0.4 is 4.72 Å². The second kappa shape index (κ2) is 6.41. The summed E-state index contributed by atoms with van der Waals surface area (Å²) in [5, 5.41) is 0. The van der Waals surface area contributed by atoms with Gasteiger partial charge in [0.2, 0.25) is 10.0 Å². The van der Waals surface area contributed by atoms with Crippen molar-refractivity contribution in [2.45, 2.75) is 24.8 Å². The monoisotopic (exact) mass is 345 g/mol. The Labute approximate surface area is 125 Å². The van der Waals surface area contributed by atoms with Crippen LogP contribution in [0.2, 0.25) is 8.67 Å². The van der Waals surface area contributed by atoms with E-state index in [0.29, 0.717) is 0 Å². The minimum Gasteiger partial charge on any atom is -0.468 e. The first-order valence-corrected chi connectivity index (χ1v) is 8.29. The van der Waals surface area contributed by atoms with Crippen LogP contribution in [0.4, 0.5) is 0 Å². The first kappa shape index (κ1) is 16.7. The predicted molar refractivity (Wildman–Crippen MR) is 75.3 cm³/mol. The van der Waals surface area contributed by atoms with Gasteiger partial charge in [0.15, 0.2) is 0 Å². The van der Waals surface area contributed by atoms with Gasteiger partial charge in [-0.05, 0) is 12.0 Å². The second-order valence-electron chi connectivity index (χ2n) is 4.05. The zero-order chi connectivity index (χ0) is 14.8. The minimum atomic E-state index is -3.93. The lowest BCUT2D eigenvalue weighted by Gasteiger charge is -2.19. The van der Waals surface area contributed by atoms with Crippen LogP contribution in [0.25, 0.3) is 0 Å². The molecule has 5 nitrogen and oxygen atoms in total. The van der Waals surface area contributed by atoms with Crippen molar-refractivity contribution in [3.05, 3.63) is 14.7 Å². The van der Waals surface area contributed by atoms with Crippen molar-refractivity contribution in [1.82, 2.24) is 4.72 Å². The maximum absolute atomic E-state index is 12.1. The number of thiophene rings is 1. The third-order valence-corrected chi connectivity index (χ3v) is 5.51. The molecule has 9 heteroatoms. The molecule has 0 aliphatic rings. The van der Waals surface area contributed by atoms with Gasteiger partial charge in [-0.3, -0.25) is 4.79 Å². The highest BCUT2D eigenvalue weighted by molar-refractivity contribution is 7.89. The van der Waals surface area contributed by atoms with Gasteiger partial charge in [-0.1, -0.05) is 37.0 Å². The third-order valence-electron chi connectivity index (χ3n) is 2.32. The summed E-state index contributed by atoms with van der Waals surface area (Å²) in [7, 11) is -2.73. The fraction of sp³-hybridized carbons (Fsp3) is 0.500. The van der Waals surface area contributed by atoms with E-state index in [4.69, 9.17) is 23.2 Å². The number of ether oxygens (including phenoxy) is 1. The Kier molecular flexibility index (Phi) is 5.64. The Hall–Kier alpha value is -0.340. The number of rotatable bonds is 5. The molecule has 0 aromatic carbocycles. The molecule has 19 heavy (non-hydrogen) atoms. The van der Waals surface area contributed by atoms with Crippen molar-refractivity contribution in [2.75, 3.05) is 7.11 Å². The van der Waals surface area contributed by atoms with Gasteiger partial charge in [-0.15, -0.1) is 11.3 Å². The van der Waals surface area contributed by atoms with E-state index in [2.05, 4.69) is 9.46 Å². The zero-order valence-corrected chi connectivity index (χ0v) is 13.6. The summed E-state index contributed by atoms with van der Waals surface area (Å²) in [6.07, 6.45) is 0. The number of sulfonamides is 1. The maximum Gasteiger partial charge on any atom is 0.324 e. The van der Waals surface area contributed by atoms with E-state index < -0.39 is 22.0 Å². The molecule has 0 fully saturated rings. The average Bonchev–Trinajstić information content (AvgIpc) is 2.65. The number of hydrogen-bond acceptors (Lipinski definition) is 5. The standard InChI is InChI=1S/C10H13Cl2NO4S2/c1-5(2)8(10(14)17-3)13-19(15,16)6-4-7(11)18-9(6)12/h4-5,8,13H,1-3H3/t8-/m0/s1. The largest absolute Gasteiger partial charge is 0.468 e. The van der Waals surface area contributed by atoms with Crippen LogP contribution in [0.5, 0.6) is 0 Å². The number of esters is 1. The Bertz CT molecular complexity index is 568. The Morgan fingerprint density at radius 1 is 1.42 bits per heavy atom. The molecular formula is C10H13Cl2NO4S2. The molecule has 0 unspecified atom stereocenters. The van der Waals surface area contributed by atoms with Gasteiger partial charge in [-0.2, -0.15) is 4.72 Å². The molecule has 0 spiro atoms. The van der Waals surface area contributed by atoms with Gasteiger partial charge in [0.05, 0.1) is 11.4 Å². The van der Waals surface area contributed by atoms with Crippen LogP contribution >= 0.6 is 34.5 Å². The molecular weight excluding hydrogens is 333 g/mol. The maximum atomic E-state index is 12.1.